The van der Waals surface area contributed by atoms with Crippen LogP contribution >= 0.6 is 0 Å². The van der Waals surface area contributed by atoms with Crippen LogP contribution in [0.25, 0.3) is 0 Å². The van der Waals surface area contributed by atoms with Crippen LogP contribution in [0.4, 0.5) is 0 Å². The molecule has 2 rings (SSSR count). The lowest BCUT2D eigenvalue weighted by Crippen LogP contribution is -2.39. The van der Waals surface area contributed by atoms with Gasteiger partial charge in [-0.25, -0.2) is 0 Å². The Morgan fingerprint density at radius 1 is 1.20 bits per heavy atom. The third-order valence-corrected chi connectivity index (χ3v) is 3.69. The topological polar surface area (TPSA) is 18.5 Å². The molecule has 2 nitrogen and oxygen atoms in total. The highest BCUT2D eigenvalue weighted by Gasteiger charge is 2.43. The van der Waals surface area contributed by atoms with Crippen molar-refractivity contribution in [3.05, 3.63) is 0 Å². The molecule has 0 aliphatic carbocycles. The Labute approximate surface area is 93.3 Å². The minimum Gasteiger partial charge on any atom is -0.347 e. The molecule has 15 heavy (non-hydrogen) atoms. The van der Waals surface area contributed by atoms with Gasteiger partial charge in [-0.2, -0.15) is 0 Å². The molecule has 0 radical (unpaired) electrons. The minimum atomic E-state index is -0.184. The largest absolute Gasteiger partial charge is 0.347 e. The number of unbranched alkanes of at least 4 members (excludes halogenated alkanes) is 1. The van der Waals surface area contributed by atoms with E-state index in [0.717, 1.165) is 12.8 Å². The maximum absolute atomic E-state index is 6.14. The standard InChI is InChI=1S/C13H24O2/c1-3-4-7-12-8-10-13(15-12)9-5-6-11(2)14-13/h11-12H,3-10H2,1-2H3/t11-,12-,13+/m0/s1. The van der Waals surface area contributed by atoms with Gasteiger partial charge in [-0.3, -0.25) is 0 Å². The van der Waals surface area contributed by atoms with E-state index in [9.17, 15) is 0 Å². The lowest BCUT2D eigenvalue weighted by molar-refractivity contribution is -0.267. The number of rotatable bonds is 3. The molecule has 2 saturated heterocycles. The summed E-state index contributed by atoms with van der Waals surface area (Å²) in [6.07, 6.45) is 10.5. The van der Waals surface area contributed by atoms with Crippen LogP contribution in [0.2, 0.25) is 0 Å². The predicted molar refractivity (Wildman–Crippen MR) is 60.8 cm³/mol. The van der Waals surface area contributed by atoms with Crippen LogP contribution in [0, 0.1) is 0 Å². The average molecular weight is 212 g/mol. The van der Waals surface area contributed by atoms with Gasteiger partial charge in [0.25, 0.3) is 0 Å². The molecule has 3 atom stereocenters. The first-order chi connectivity index (χ1) is 7.24. The van der Waals surface area contributed by atoms with Crippen LogP contribution in [0.3, 0.4) is 0 Å². The van der Waals surface area contributed by atoms with Crippen molar-refractivity contribution in [1.82, 2.24) is 0 Å². The van der Waals surface area contributed by atoms with Crippen LogP contribution in [-0.4, -0.2) is 18.0 Å². The maximum Gasteiger partial charge on any atom is 0.169 e. The fourth-order valence-electron chi connectivity index (χ4n) is 2.85. The Morgan fingerprint density at radius 3 is 2.80 bits per heavy atom. The molecule has 0 bridgehead atoms. The third kappa shape index (κ3) is 2.73. The highest BCUT2D eigenvalue weighted by atomic mass is 16.7. The smallest absolute Gasteiger partial charge is 0.169 e. The van der Waals surface area contributed by atoms with Crippen molar-refractivity contribution >= 4 is 0 Å². The van der Waals surface area contributed by atoms with E-state index in [2.05, 4.69) is 13.8 Å². The summed E-state index contributed by atoms with van der Waals surface area (Å²) in [7, 11) is 0. The van der Waals surface area contributed by atoms with Gasteiger partial charge in [0.05, 0.1) is 12.2 Å². The Balaban J connectivity index is 1.84. The van der Waals surface area contributed by atoms with Crippen molar-refractivity contribution in [3.8, 4) is 0 Å². The van der Waals surface area contributed by atoms with Gasteiger partial charge in [-0.15, -0.1) is 0 Å². The first kappa shape index (κ1) is 11.4. The highest BCUT2D eigenvalue weighted by molar-refractivity contribution is 4.85. The van der Waals surface area contributed by atoms with E-state index in [1.165, 1.54) is 38.5 Å². The molecular weight excluding hydrogens is 188 g/mol. The van der Waals surface area contributed by atoms with Gasteiger partial charge >= 0.3 is 0 Å². The molecule has 0 aromatic heterocycles. The van der Waals surface area contributed by atoms with Crippen LogP contribution < -0.4 is 0 Å². The first-order valence-corrected chi connectivity index (χ1v) is 6.60. The maximum atomic E-state index is 6.14. The highest BCUT2D eigenvalue weighted by Crippen LogP contribution is 2.41. The van der Waals surface area contributed by atoms with Crippen molar-refractivity contribution in [2.75, 3.05) is 0 Å². The Morgan fingerprint density at radius 2 is 2.07 bits per heavy atom. The summed E-state index contributed by atoms with van der Waals surface area (Å²) in [5.41, 5.74) is 0. The van der Waals surface area contributed by atoms with Crippen molar-refractivity contribution in [1.29, 1.82) is 0 Å². The Bertz CT molecular complexity index is 205. The van der Waals surface area contributed by atoms with Crippen molar-refractivity contribution in [2.24, 2.45) is 0 Å². The van der Waals surface area contributed by atoms with E-state index in [0.29, 0.717) is 12.2 Å². The second kappa shape index (κ2) is 4.84. The second-order valence-corrected chi connectivity index (χ2v) is 5.15. The van der Waals surface area contributed by atoms with E-state index in [1.807, 2.05) is 0 Å². The summed E-state index contributed by atoms with van der Waals surface area (Å²) < 4.78 is 12.2. The molecule has 0 N–H and O–H groups in total. The predicted octanol–water partition coefficient (Wildman–Crippen LogP) is 3.64. The zero-order valence-corrected chi connectivity index (χ0v) is 10.1. The van der Waals surface area contributed by atoms with Gasteiger partial charge in [0.2, 0.25) is 0 Å². The number of hydrogen-bond acceptors (Lipinski definition) is 2. The molecule has 0 aromatic carbocycles. The van der Waals surface area contributed by atoms with Crippen molar-refractivity contribution in [2.45, 2.75) is 83.2 Å². The molecule has 2 aliphatic rings. The van der Waals surface area contributed by atoms with Gasteiger partial charge in [0.15, 0.2) is 5.79 Å². The summed E-state index contributed by atoms with van der Waals surface area (Å²) in [4.78, 5) is 0. The summed E-state index contributed by atoms with van der Waals surface area (Å²) in [5.74, 6) is -0.184. The van der Waals surface area contributed by atoms with Gasteiger partial charge < -0.3 is 9.47 Å². The van der Waals surface area contributed by atoms with Crippen LogP contribution in [0.1, 0.15) is 65.2 Å². The molecule has 0 amide bonds. The van der Waals surface area contributed by atoms with Gasteiger partial charge in [-0.05, 0) is 32.6 Å². The zero-order chi connectivity index (χ0) is 10.7. The van der Waals surface area contributed by atoms with Gasteiger partial charge in [0.1, 0.15) is 0 Å². The fourth-order valence-corrected chi connectivity index (χ4v) is 2.85. The molecule has 1 spiro atoms. The summed E-state index contributed by atoms with van der Waals surface area (Å²) in [6.45, 7) is 4.41. The second-order valence-electron chi connectivity index (χ2n) is 5.15. The quantitative estimate of drug-likeness (QED) is 0.711. The van der Waals surface area contributed by atoms with E-state index < -0.39 is 0 Å². The van der Waals surface area contributed by atoms with Crippen LogP contribution in [0.5, 0.6) is 0 Å². The lowest BCUT2D eigenvalue weighted by Gasteiger charge is -2.37. The van der Waals surface area contributed by atoms with Crippen molar-refractivity contribution in [3.63, 3.8) is 0 Å². The molecule has 2 aliphatic heterocycles. The van der Waals surface area contributed by atoms with Crippen LogP contribution in [0.15, 0.2) is 0 Å². The SMILES string of the molecule is CCCC[C@H]1CC[C@@]2(CCC[C@H](C)O2)O1. The monoisotopic (exact) mass is 212 g/mol. The summed E-state index contributed by atoms with van der Waals surface area (Å²) >= 11 is 0. The number of hydrogen-bond donors (Lipinski definition) is 0. The molecule has 2 fully saturated rings. The Hall–Kier alpha value is -0.0800. The average Bonchev–Trinajstić information content (AvgIpc) is 2.58. The summed E-state index contributed by atoms with van der Waals surface area (Å²) in [6, 6.07) is 0. The molecule has 2 heteroatoms. The molecule has 0 unspecified atom stereocenters. The van der Waals surface area contributed by atoms with Gasteiger partial charge in [-0.1, -0.05) is 19.8 Å². The first-order valence-electron chi connectivity index (χ1n) is 6.60. The molecule has 2 heterocycles. The summed E-state index contributed by atoms with van der Waals surface area (Å²) in [5, 5.41) is 0. The van der Waals surface area contributed by atoms with Crippen LogP contribution in [-0.2, 0) is 9.47 Å². The zero-order valence-electron chi connectivity index (χ0n) is 10.1. The van der Waals surface area contributed by atoms with E-state index >= 15 is 0 Å². The van der Waals surface area contributed by atoms with Gasteiger partial charge in [0, 0.05) is 12.8 Å². The minimum absolute atomic E-state index is 0.184. The lowest BCUT2D eigenvalue weighted by atomic mass is 9.99. The van der Waals surface area contributed by atoms with E-state index in [-0.39, 0.29) is 5.79 Å². The molecular formula is C13H24O2. The van der Waals surface area contributed by atoms with E-state index in [1.54, 1.807) is 0 Å². The van der Waals surface area contributed by atoms with E-state index in [4.69, 9.17) is 9.47 Å². The fraction of sp³-hybridized carbons (Fsp3) is 1.00. The van der Waals surface area contributed by atoms with Crippen molar-refractivity contribution < 1.29 is 9.47 Å². The normalized spacial score (nSPS) is 41.2. The number of ether oxygens (including phenoxy) is 2. The molecule has 0 aromatic rings. The Kier molecular flexibility index (Phi) is 3.68. The third-order valence-electron chi connectivity index (χ3n) is 3.69. The molecule has 88 valence electrons. The molecule has 0 saturated carbocycles.